The molecule has 0 aliphatic rings. The lowest BCUT2D eigenvalue weighted by molar-refractivity contribution is 0.368. The molecule has 2 rings (SSSR count). The zero-order valence-corrected chi connectivity index (χ0v) is 8.81. The zero-order valence-electron chi connectivity index (χ0n) is 8.81. The maximum atomic E-state index is 9.75. The van der Waals surface area contributed by atoms with E-state index in [1.54, 1.807) is 6.20 Å². The maximum absolute atomic E-state index is 9.75. The highest BCUT2D eigenvalue weighted by atomic mass is 19.5. The number of nitrogens with zero attached hydrogens (tertiary/aromatic N) is 2. The number of hydrogen-bond donors (Lipinski definition) is 0. The first-order valence-corrected chi connectivity index (χ1v) is 4.82. The van der Waals surface area contributed by atoms with Crippen molar-refractivity contribution in [1.82, 2.24) is 9.55 Å². The standard InChI is InChI=1S/C10H10N2.BF4/c1-2-4-10(5-3-1)8-12-7-6-11-9-12;2-1(3,4)5/h1-7,9H,8H2;/q;-1. The van der Waals surface area contributed by atoms with Gasteiger partial charge in [0, 0.05) is 18.9 Å². The molecule has 0 aliphatic carbocycles. The van der Waals surface area contributed by atoms with Crippen molar-refractivity contribution in [1.29, 1.82) is 0 Å². The van der Waals surface area contributed by atoms with Crippen molar-refractivity contribution < 1.29 is 17.3 Å². The van der Waals surface area contributed by atoms with E-state index in [9.17, 15) is 17.3 Å². The second kappa shape index (κ2) is 6.07. The summed E-state index contributed by atoms with van der Waals surface area (Å²) in [4.78, 5) is 3.98. The second-order valence-corrected chi connectivity index (χ2v) is 3.22. The van der Waals surface area contributed by atoms with Crippen LogP contribution in [0.25, 0.3) is 0 Å². The van der Waals surface area contributed by atoms with Gasteiger partial charge in [-0.3, -0.25) is 0 Å². The molecule has 2 aromatic rings. The third kappa shape index (κ3) is 7.16. The summed E-state index contributed by atoms with van der Waals surface area (Å²) in [6, 6.07) is 10.3. The molecule has 0 bridgehead atoms. The molecule has 0 saturated heterocycles. The van der Waals surface area contributed by atoms with E-state index in [0.29, 0.717) is 0 Å². The van der Waals surface area contributed by atoms with E-state index >= 15 is 0 Å². The largest absolute Gasteiger partial charge is 0.673 e. The minimum atomic E-state index is -6.00. The lowest BCUT2D eigenvalue weighted by Crippen LogP contribution is -2.02. The van der Waals surface area contributed by atoms with Crippen molar-refractivity contribution in [3.63, 3.8) is 0 Å². The Morgan fingerprint density at radius 1 is 1.06 bits per heavy atom. The topological polar surface area (TPSA) is 17.8 Å². The molecule has 0 spiro atoms. The van der Waals surface area contributed by atoms with Gasteiger partial charge in [-0.05, 0) is 5.56 Å². The van der Waals surface area contributed by atoms with Gasteiger partial charge in [-0.25, -0.2) is 4.98 Å². The number of benzene rings is 1. The van der Waals surface area contributed by atoms with E-state index in [1.807, 2.05) is 30.7 Å². The van der Waals surface area contributed by atoms with Crippen molar-refractivity contribution >= 4 is 7.25 Å². The van der Waals surface area contributed by atoms with Crippen LogP contribution in [0.2, 0.25) is 0 Å². The molecule has 1 aromatic heterocycles. The first kappa shape index (κ1) is 13.3. The van der Waals surface area contributed by atoms with Gasteiger partial charge in [0.1, 0.15) is 0 Å². The molecule has 1 heterocycles. The van der Waals surface area contributed by atoms with Gasteiger partial charge >= 0.3 is 7.25 Å². The monoisotopic (exact) mass is 245 g/mol. The average molecular weight is 245 g/mol. The molecular formula is C10H10BF4N2-. The van der Waals surface area contributed by atoms with E-state index in [1.165, 1.54) is 5.56 Å². The predicted octanol–water partition coefficient (Wildman–Crippen LogP) is 3.23. The minimum absolute atomic E-state index is 0.904. The summed E-state index contributed by atoms with van der Waals surface area (Å²) in [6.45, 7) is 0.904. The summed E-state index contributed by atoms with van der Waals surface area (Å²) in [6.07, 6.45) is 5.59. The van der Waals surface area contributed by atoms with E-state index in [-0.39, 0.29) is 0 Å². The van der Waals surface area contributed by atoms with Gasteiger partial charge in [0.25, 0.3) is 0 Å². The molecule has 0 N–H and O–H groups in total. The molecule has 0 aliphatic heterocycles. The molecule has 0 radical (unpaired) electrons. The van der Waals surface area contributed by atoms with Crippen LogP contribution in [-0.4, -0.2) is 16.8 Å². The van der Waals surface area contributed by atoms with Gasteiger partial charge in [0.2, 0.25) is 0 Å². The fraction of sp³-hybridized carbons (Fsp3) is 0.100. The summed E-state index contributed by atoms with van der Waals surface area (Å²) in [5.41, 5.74) is 1.30. The molecule has 0 amide bonds. The Balaban J connectivity index is 0.000000249. The summed E-state index contributed by atoms with van der Waals surface area (Å²) in [7, 11) is -6.00. The number of halogens is 4. The summed E-state index contributed by atoms with van der Waals surface area (Å²) in [5.74, 6) is 0. The molecule has 0 unspecified atom stereocenters. The van der Waals surface area contributed by atoms with Gasteiger partial charge in [-0.1, -0.05) is 30.3 Å². The van der Waals surface area contributed by atoms with Gasteiger partial charge in [-0.15, -0.1) is 0 Å². The number of imidazole rings is 1. The number of hydrogen-bond acceptors (Lipinski definition) is 1. The Kier molecular flexibility index (Phi) is 4.75. The van der Waals surface area contributed by atoms with Gasteiger partial charge < -0.3 is 21.8 Å². The fourth-order valence-corrected chi connectivity index (χ4v) is 1.17. The van der Waals surface area contributed by atoms with Crippen molar-refractivity contribution in [2.24, 2.45) is 0 Å². The molecule has 0 atom stereocenters. The van der Waals surface area contributed by atoms with Crippen LogP contribution in [0.15, 0.2) is 49.1 Å². The highest BCUT2D eigenvalue weighted by Gasteiger charge is 2.20. The Bertz CT molecular complexity index is 408. The SMILES string of the molecule is F[B-](F)(F)F.c1ccc(Cn2ccnc2)cc1. The predicted molar refractivity (Wildman–Crippen MR) is 58.0 cm³/mol. The molecule has 2 nitrogen and oxygen atoms in total. The van der Waals surface area contributed by atoms with Crippen LogP contribution in [0.3, 0.4) is 0 Å². The Morgan fingerprint density at radius 2 is 1.65 bits per heavy atom. The Labute approximate surface area is 96.0 Å². The third-order valence-electron chi connectivity index (χ3n) is 1.77. The molecule has 0 saturated carbocycles. The normalized spacial score (nSPS) is 10.6. The summed E-state index contributed by atoms with van der Waals surface area (Å²) < 4.78 is 41.1. The van der Waals surface area contributed by atoms with Crippen LogP contribution in [0, 0.1) is 0 Å². The molecule has 7 heteroatoms. The van der Waals surface area contributed by atoms with Crippen molar-refractivity contribution in [2.75, 3.05) is 0 Å². The molecule has 1 aromatic carbocycles. The molecule has 92 valence electrons. The summed E-state index contributed by atoms with van der Waals surface area (Å²) >= 11 is 0. The Morgan fingerprint density at radius 3 is 2.12 bits per heavy atom. The van der Waals surface area contributed by atoms with E-state index < -0.39 is 7.25 Å². The maximum Gasteiger partial charge on any atom is 0.673 e. The van der Waals surface area contributed by atoms with Crippen LogP contribution < -0.4 is 0 Å². The van der Waals surface area contributed by atoms with Crippen LogP contribution in [0.1, 0.15) is 5.56 Å². The number of aromatic nitrogens is 2. The first-order valence-electron chi connectivity index (χ1n) is 4.82. The van der Waals surface area contributed by atoms with Gasteiger partial charge in [-0.2, -0.15) is 0 Å². The number of rotatable bonds is 2. The average Bonchev–Trinajstić information content (AvgIpc) is 2.69. The minimum Gasteiger partial charge on any atom is -0.418 e. The van der Waals surface area contributed by atoms with Crippen LogP contribution in [0.5, 0.6) is 0 Å². The smallest absolute Gasteiger partial charge is 0.418 e. The van der Waals surface area contributed by atoms with Gasteiger partial charge in [0.05, 0.1) is 6.33 Å². The van der Waals surface area contributed by atoms with E-state index in [4.69, 9.17) is 0 Å². The molecular weight excluding hydrogens is 235 g/mol. The molecule has 0 fully saturated rings. The first-order chi connectivity index (χ1) is 7.95. The van der Waals surface area contributed by atoms with Crippen LogP contribution in [-0.2, 0) is 6.54 Å². The van der Waals surface area contributed by atoms with E-state index in [0.717, 1.165) is 6.54 Å². The van der Waals surface area contributed by atoms with Crippen LogP contribution >= 0.6 is 0 Å². The molecule has 17 heavy (non-hydrogen) atoms. The van der Waals surface area contributed by atoms with E-state index in [2.05, 4.69) is 21.7 Å². The highest BCUT2D eigenvalue weighted by molar-refractivity contribution is 6.50. The third-order valence-corrected chi connectivity index (χ3v) is 1.77. The van der Waals surface area contributed by atoms with Crippen molar-refractivity contribution in [3.8, 4) is 0 Å². The quantitative estimate of drug-likeness (QED) is 0.586. The van der Waals surface area contributed by atoms with Crippen molar-refractivity contribution in [2.45, 2.75) is 6.54 Å². The Hall–Kier alpha value is -1.79. The second-order valence-electron chi connectivity index (χ2n) is 3.22. The zero-order chi connectivity index (χ0) is 12.7. The van der Waals surface area contributed by atoms with Crippen molar-refractivity contribution in [3.05, 3.63) is 54.6 Å². The van der Waals surface area contributed by atoms with Crippen LogP contribution in [0.4, 0.5) is 17.3 Å². The summed E-state index contributed by atoms with van der Waals surface area (Å²) in [5, 5.41) is 0. The lowest BCUT2D eigenvalue weighted by Gasteiger charge is -2.00. The highest BCUT2D eigenvalue weighted by Crippen LogP contribution is 2.06. The lowest BCUT2D eigenvalue weighted by atomic mass is 10.2. The fourth-order valence-electron chi connectivity index (χ4n) is 1.17. The van der Waals surface area contributed by atoms with Gasteiger partial charge in [0.15, 0.2) is 0 Å².